The number of fused-ring (bicyclic) bond motifs is 1. The van der Waals surface area contributed by atoms with Crippen molar-refractivity contribution in [2.24, 2.45) is 11.7 Å². The van der Waals surface area contributed by atoms with E-state index in [0.717, 1.165) is 35.0 Å². The van der Waals surface area contributed by atoms with Crippen molar-refractivity contribution in [3.63, 3.8) is 0 Å². The maximum absolute atomic E-state index is 13.0. The molecule has 1 atom stereocenters. The fourth-order valence-corrected chi connectivity index (χ4v) is 4.42. The van der Waals surface area contributed by atoms with Crippen LogP contribution in [0, 0.1) is 5.92 Å². The number of nitrogens with two attached hydrogens (primary N) is 1. The summed E-state index contributed by atoms with van der Waals surface area (Å²) in [5.74, 6) is -0.181. The van der Waals surface area contributed by atoms with Gasteiger partial charge in [-0.25, -0.2) is 0 Å². The molecule has 176 valence electrons. The Bertz CT molecular complexity index is 1360. The molecule has 0 bridgehead atoms. The summed E-state index contributed by atoms with van der Waals surface area (Å²) >= 11 is 6.20. The van der Waals surface area contributed by atoms with E-state index in [2.05, 4.69) is 13.8 Å². The van der Waals surface area contributed by atoms with Crippen LogP contribution in [-0.4, -0.2) is 15.7 Å². The minimum atomic E-state index is -4.46. The largest absolute Gasteiger partial charge is 0.416 e. The molecule has 0 aliphatic rings. The molecule has 1 unspecified atom stereocenters. The Morgan fingerprint density at radius 3 is 2.47 bits per heavy atom. The molecule has 0 saturated heterocycles. The number of carbonyl (C=O) groups is 1. The second-order valence-corrected chi connectivity index (χ2v) is 9.08. The number of primary amides is 1. The van der Waals surface area contributed by atoms with Crippen LogP contribution in [0.3, 0.4) is 0 Å². The topological polar surface area (TPSA) is 60.9 Å². The van der Waals surface area contributed by atoms with E-state index in [1.54, 1.807) is 18.2 Å². The zero-order chi connectivity index (χ0) is 24.6. The third-order valence-corrected chi connectivity index (χ3v) is 6.04. The number of halogens is 4. The van der Waals surface area contributed by atoms with E-state index in [1.807, 2.05) is 35.1 Å². The van der Waals surface area contributed by atoms with Gasteiger partial charge in [-0.3, -0.25) is 9.48 Å². The lowest BCUT2D eigenvalue weighted by molar-refractivity contribution is -0.137. The molecule has 3 aromatic carbocycles. The van der Waals surface area contributed by atoms with Crippen molar-refractivity contribution in [3.8, 4) is 11.1 Å². The van der Waals surface area contributed by atoms with Crippen LogP contribution in [-0.2, 0) is 6.18 Å². The van der Waals surface area contributed by atoms with E-state index in [1.165, 1.54) is 6.07 Å². The first-order valence-corrected chi connectivity index (χ1v) is 11.2. The monoisotopic (exact) mass is 485 g/mol. The summed E-state index contributed by atoms with van der Waals surface area (Å²) < 4.78 is 40.8. The minimum Gasteiger partial charge on any atom is -0.366 e. The summed E-state index contributed by atoms with van der Waals surface area (Å²) in [5.41, 5.74) is 7.98. The van der Waals surface area contributed by atoms with Gasteiger partial charge in [0.05, 0.1) is 17.1 Å². The highest BCUT2D eigenvalue weighted by Crippen LogP contribution is 2.37. The van der Waals surface area contributed by atoms with Crippen LogP contribution in [0.1, 0.15) is 47.8 Å². The highest BCUT2D eigenvalue weighted by molar-refractivity contribution is 6.33. The van der Waals surface area contributed by atoms with Gasteiger partial charge in [-0.15, -0.1) is 0 Å². The van der Waals surface area contributed by atoms with Gasteiger partial charge in [0.2, 0.25) is 5.91 Å². The highest BCUT2D eigenvalue weighted by Gasteiger charge is 2.31. The van der Waals surface area contributed by atoms with Crippen LogP contribution in [0.2, 0.25) is 5.02 Å². The molecular weight excluding hydrogens is 463 g/mol. The summed E-state index contributed by atoms with van der Waals surface area (Å²) in [6, 6.07) is 15.8. The van der Waals surface area contributed by atoms with Crippen LogP contribution in [0.15, 0.2) is 66.9 Å². The number of alkyl halides is 3. The lowest BCUT2D eigenvalue weighted by Gasteiger charge is -2.22. The molecule has 1 aromatic heterocycles. The van der Waals surface area contributed by atoms with Gasteiger partial charge < -0.3 is 5.73 Å². The fourth-order valence-electron chi connectivity index (χ4n) is 4.13. The highest BCUT2D eigenvalue weighted by atomic mass is 35.5. The average Bonchev–Trinajstić information content (AvgIpc) is 3.19. The first-order valence-electron chi connectivity index (χ1n) is 10.8. The second kappa shape index (κ2) is 9.14. The Morgan fingerprint density at radius 2 is 1.82 bits per heavy atom. The predicted octanol–water partition coefficient (Wildman–Crippen LogP) is 7.11. The molecule has 4 aromatic rings. The molecule has 1 amide bonds. The van der Waals surface area contributed by atoms with Crippen LogP contribution in [0.25, 0.3) is 22.0 Å². The summed E-state index contributed by atoms with van der Waals surface area (Å²) in [4.78, 5) is 12.0. The Kier molecular flexibility index (Phi) is 6.41. The maximum Gasteiger partial charge on any atom is 0.416 e. The Balaban J connectivity index is 1.77. The molecule has 0 radical (unpaired) electrons. The molecule has 0 fully saturated rings. The van der Waals surface area contributed by atoms with Crippen LogP contribution >= 0.6 is 11.6 Å². The number of hydrogen-bond acceptors (Lipinski definition) is 2. The fraction of sp³-hybridized carbons (Fsp3) is 0.231. The quantitative estimate of drug-likeness (QED) is 0.316. The van der Waals surface area contributed by atoms with E-state index in [-0.39, 0.29) is 11.1 Å². The van der Waals surface area contributed by atoms with E-state index in [4.69, 9.17) is 22.4 Å². The van der Waals surface area contributed by atoms with Gasteiger partial charge in [0.25, 0.3) is 0 Å². The molecule has 0 aliphatic heterocycles. The van der Waals surface area contributed by atoms with Crippen molar-refractivity contribution in [2.75, 3.05) is 0 Å². The Labute approximate surface area is 200 Å². The van der Waals surface area contributed by atoms with Gasteiger partial charge in [-0.05, 0) is 53.8 Å². The molecular formula is C26H23ClF3N3O. The Hall–Kier alpha value is -3.32. The number of hydrogen-bond donors (Lipinski definition) is 1. The standard InChI is InChI=1S/C26H23ClF3N3O/c1-15(2)11-24(20-5-3-4-6-21(20)25(31)34)33-14-17-12-16(7-10-23(17)32-33)19-9-8-18(13-22(19)27)26(28,29)30/h3-10,12-15,24H,11H2,1-2H3,(H2,31,34). The molecule has 0 spiro atoms. The smallest absolute Gasteiger partial charge is 0.366 e. The molecule has 4 rings (SSSR count). The zero-order valence-corrected chi connectivity index (χ0v) is 19.4. The number of amides is 1. The van der Waals surface area contributed by atoms with Gasteiger partial charge in [0.15, 0.2) is 0 Å². The summed E-state index contributed by atoms with van der Waals surface area (Å²) in [5, 5.41) is 5.56. The van der Waals surface area contributed by atoms with Gasteiger partial charge in [-0.1, -0.05) is 55.8 Å². The summed E-state index contributed by atoms with van der Waals surface area (Å²) in [7, 11) is 0. The van der Waals surface area contributed by atoms with Gasteiger partial charge in [0.1, 0.15) is 0 Å². The van der Waals surface area contributed by atoms with E-state index in [0.29, 0.717) is 22.6 Å². The average molecular weight is 486 g/mol. The molecule has 34 heavy (non-hydrogen) atoms. The lowest BCUT2D eigenvalue weighted by Crippen LogP contribution is -2.20. The molecule has 8 heteroatoms. The number of benzene rings is 3. The van der Waals surface area contributed by atoms with Gasteiger partial charge in [0, 0.05) is 27.7 Å². The third kappa shape index (κ3) is 4.80. The lowest BCUT2D eigenvalue weighted by atomic mass is 9.93. The number of carbonyl (C=O) groups excluding carboxylic acids is 1. The number of aromatic nitrogens is 2. The maximum atomic E-state index is 13.0. The molecule has 0 saturated carbocycles. The molecule has 2 N–H and O–H groups in total. The van der Waals surface area contributed by atoms with Crippen molar-refractivity contribution >= 4 is 28.4 Å². The normalized spacial score (nSPS) is 12.9. The van der Waals surface area contributed by atoms with E-state index >= 15 is 0 Å². The molecule has 0 aliphatic carbocycles. The predicted molar refractivity (Wildman–Crippen MR) is 128 cm³/mol. The van der Waals surface area contributed by atoms with Crippen molar-refractivity contribution in [1.82, 2.24) is 9.78 Å². The first-order chi connectivity index (χ1) is 16.0. The van der Waals surface area contributed by atoms with Gasteiger partial charge in [-0.2, -0.15) is 18.3 Å². The van der Waals surface area contributed by atoms with Crippen LogP contribution in [0.5, 0.6) is 0 Å². The van der Waals surface area contributed by atoms with Gasteiger partial charge >= 0.3 is 6.18 Å². The zero-order valence-electron chi connectivity index (χ0n) is 18.6. The van der Waals surface area contributed by atoms with E-state index in [9.17, 15) is 18.0 Å². The Morgan fingerprint density at radius 1 is 1.09 bits per heavy atom. The van der Waals surface area contributed by atoms with Crippen molar-refractivity contribution in [2.45, 2.75) is 32.5 Å². The number of nitrogens with zero attached hydrogens (tertiary/aromatic N) is 2. The summed E-state index contributed by atoms with van der Waals surface area (Å²) in [6.07, 6.45) is -1.85. The molecule has 4 nitrogen and oxygen atoms in total. The second-order valence-electron chi connectivity index (χ2n) is 8.67. The van der Waals surface area contributed by atoms with Crippen LogP contribution in [0.4, 0.5) is 13.2 Å². The van der Waals surface area contributed by atoms with Crippen molar-refractivity contribution in [3.05, 3.63) is 88.6 Å². The molecule has 1 heterocycles. The third-order valence-electron chi connectivity index (χ3n) is 5.73. The minimum absolute atomic E-state index is 0.0228. The number of rotatable bonds is 6. The van der Waals surface area contributed by atoms with Crippen molar-refractivity contribution in [1.29, 1.82) is 0 Å². The summed E-state index contributed by atoms with van der Waals surface area (Å²) in [6.45, 7) is 4.18. The van der Waals surface area contributed by atoms with E-state index < -0.39 is 17.6 Å². The first kappa shape index (κ1) is 23.8. The van der Waals surface area contributed by atoms with Crippen LogP contribution < -0.4 is 5.73 Å². The SMILES string of the molecule is CC(C)CC(c1ccccc1C(N)=O)n1cc2cc(-c3ccc(C(F)(F)F)cc3Cl)ccc2n1. The van der Waals surface area contributed by atoms with Crippen molar-refractivity contribution < 1.29 is 18.0 Å².